The van der Waals surface area contributed by atoms with Gasteiger partial charge in [-0.3, -0.25) is 0 Å². The molecule has 2 aromatic rings. The van der Waals surface area contributed by atoms with E-state index in [0.717, 1.165) is 11.3 Å². The van der Waals surface area contributed by atoms with E-state index in [1.165, 1.54) is 11.1 Å². The number of aryl methyl sites for hydroxylation is 2. The first-order chi connectivity index (χ1) is 7.18. The highest BCUT2D eigenvalue weighted by atomic mass is 16.3. The van der Waals surface area contributed by atoms with E-state index in [-0.39, 0.29) is 0 Å². The monoisotopic (exact) mass is 201 g/mol. The first-order valence-electron chi connectivity index (χ1n) is 5.07. The fourth-order valence-corrected chi connectivity index (χ4v) is 1.63. The largest absolute Gasteiger partial charge is 0.382 e. The summed E-state index contributed by atoms with van der Waals surface area (Å²) < 4.78 is 0. The molecular weight excluding hydrogens is 186 g/mol. The molecule has 0 amide bonds. The molecule has 1 atom stereocenters. The maximum Gasteiger partial charge on any atom is 0.119 e. The molecule has 0 bridgehead atoms. The number of aliphatic hydroxyl groups is 1. The highest BCUT2D eigenvalue weighted by Gasteiger charge is 2.11. The topological polar surface area (TPSA) is 36.0 Å². The van der Waals surface area contributed by atoms with Gasteiger partial charge in [-0.2, -0.15) is 0 Å². The van der Waals surface area contributed by atoms with Gasteiger partial charge in [0, 0.05) is 11.9 Å². The predicted molar refractivity (Wildman–Crippen MR) is 60.8 cm³/mol. The molecule has 78 valence electrons. The van der Waals surface area contributed by atoms with Crippen LogP contribution in [0.25, 0.3) is 0 Å². The van der Waals surface area contributed by atoms with Crippen LogP contribution in [0.4, 0.5) is 0 Å². The molecule has 0 saturated heterocycles. The van der Waals surface area contributed by atoms with Crippen molar-refractivity contribution in [1.82, 2.24) is 4.98 Å². The number of H-pyrrole nitrogens is 1. The van der Waals surface area contributed by atoms with Crippen LogP contribution in [-0.4, -0.2) is 10.1 Å². The van der Waals surface area contributed by atoms with Gasteiger partial charge >= 0.3 is 0 Å². The summed E-state index contributed by atoms with van der Waals surface area (Å²) in [5, 5.41) is 10.1. The molecule has 0 aliphatic rings. The molecule has 0 saturated carbocycles. The second kappa shape index (κ2) is 3.91. The van der Waals surface area contributed by atoms with Crippen molar-refractivity contribution >= 4 is 0 Å². The summed E-state index contributed by atoms with van der Waals surface area (Å²) in [5.74, 6) is 0. The van der Waals surface area contributed by atoms with Crippen LogP contribution in [0.1, 0.15) is 28.5 Å². The van der Waals surface area contributed by atoms with Crippen molar-refractivity contribution in [2.45, 2.75) is 20.0 Å². The lowest BCUT2D eigenvalue weighted by molar-refractivity contribution is 0.216. The van der Waals surface area contributed by atoms with Crippen molar-refractivity contribution in [3.63, 3.8) is 0 Å². The fraction of sp³-hybridized carbons (Fsp3) is 0.231. The Balaban J connectivity index is 2.34. The van der Waals surface area contributed by atoms with Gasteiger partial charge in [-0.05, 0) is 42.7 Å². The summed E-state index contributed by atoms with van der Waals surface area (Å²) in [6, 6.07) is 9.81. The van der Waals surface area contributed by atoms with Gasteiger partial charge in [-0.15, -0.1) is 0 Å². The summed E-state index contributed by atoms with van der Waals surface area (Å²) in [6.07, 6.45) is 1.26. The Kier molecular flexibility index (Phi) is 2.60. The zero-order valence-corrected chi connectivity index (χ0v) is 8.99. The minimum absolute atomic E-state index is 0.556. The number of hydrogen-bond donors (Lipinski definition) is 2. The number of aliphatic hydroxyl groups excluding tert-OH is 1. The Bertz CT molecular complexity index is 446. The molecule has 1 aromatic heterocycles. The lowest BCUT2D eigenvalue weighted by Gasteiger charge is -2.11. The van der Waals surface area contributed by atoms with Gasteiger partial charge in [0.1, 0.15) is 6.10 Å². The van der Waals surface area contributed by atoms with Gasteiger partial charge in [0.25, 0.3) is 0 Å². The van der Waals surface area contributed by atoms with Gasteiger partial charge in [0.05, 0.1) is 0 Å². The number of nitrogens with one attached hydrogen (secondary N) is 1. The van der Waals surface area contributed by atoms with E-state index in [1.54, 1.807) is 0 Å². The van der Waals surface area contributed by atoms with Crippen LogP contribution >= 0.6 is 0 Å². The minimum atomic E-state index is -0.556. The van der Waals surface area contributed by atoms with Gasteiger partial charge in [0.2, 0.25) is 0 Å². The molecule has 0 radical (unpaired) electrons. The van der Waals surface area contributed by atoms with E-state index in [2.05, 4.69) is 18.8 Å². The van der Waals surface area contributed by atoms with Crippen molar-refractivity contribution < 1.29 is 5.11 Å². The third-order valence-corrected chi connectivity index (χ3v) is 2.76. The van der Waals surface area contributed by atoms with Gasteiger partial charge in [-0.25, -0.2) is 0 Å². The number of hydrogen-bond acceptors (Lipinski definition) is 1. The molecule has 0 fully saturated rings. The zero-order chi connectivity index (χ0) is 10.8. The maximum atomic E-state index is 10.1. The summed E-state index contributed by atoms with van der Waals surface area (Å²) in [7, 11) is 0. The van der Waals surface area contributed by atoms with Crippen molar-refractivity contribution in [3.05, 3.63) is 58.9 Å². The van der Waals surface area contributed by atoms with Crippen LogP contribution in [0.15, 0.2) is 36.5 Å². The van der Waals surface area contributed by atoms with Crippen LogP contribution < -0.4 is 0 Å². The fourth-order valence-electron chi connectivity index (χ4n) is 1.63. The number of aromatic amines is 1. The van der Waals surface area contributed by atoms with E-state index in [1.807, 2.05) is 36.5 Å². The average Bonchev–Trinajstić information content (AvgIpc) is 2.74. The molecule has 2 nitrogen and oxygen atoms in total. The predicted octanol–water partition coefficient (Wildman–Crippen LogP) is 2.71. The Hall–Kier alpha value is -1.54. The summed E-state index contributed by atoms with van der Waals surface area (Å²) in [4.78, 5) is 3.02. The van der Waals surface area contributed by atoms with Crippen molar-refractivity contribution in [1.29, 1.82) is 0 Å². The Morgan fingerprint density at radius 1 is 1.13 bits per heavy atom. The zero-order valence-electron chi connectivity index (χ0n) is 8.99. The third kappa shape index (κ3) is 1.95. The van der Waals surface area contributed by atoms with Crippen LogP contribution in [-0.2, 0) is 0 Å². The molecule has 2 rings (SSSR count). The molecule has 2 N–H and O–H groups in total. The van der Waals surface area contributed by atoms with Gasteiger partial charge < -0.3 is 10.1 Å². The van der Waals surface area contributed by atoms with E-state index in [9.17, 15) is 5.11 Å². The van der Waals surface area contributed by atoms with Crippen molar-refractivity contribution in [2.75, 3.05) is 0 Å². The standard InChI is InChI=1S/C13H15NO/c1-9-5-6-11(8-10(9)2)13(15)12-4-3-7-14-12/h3-8,13-15H,1-2H3. The average molecular weight is 201 g/mol. The smallest absolute Gasteiger partial charge is 0.119 e. The highest BCUT2D eigenvalue weighted by molar-refractivity contribution is 5.34. The highest BCUT2D eigenvalue weighted by Crippen LogP contribution is 2.22. The molecule has 1 aromatic carbocycles. The van der Waals surface area contributed by atoms with Crippen LogP contribution in [0, 0.1) is 13.8 Å². The van der Waals surface area contributed by atoms with E-state index in [4.69, 9.17) is 0 Å². The van der Waals surface area contributed by atoms with Crippen LogP contribution in [0.3, 0.4) is 0 Å². The molecule has 2 heteroatoms. The van der Waals surface area contributed by atoms with E-state index in [0.29, 0.717) is 0 Å². The second-order valence-corrected chi connectivity index (χ2v) is 3.87. The normalized spacial score (nSPS) is 12.7. The molecule has 0 spiro atoms. The van der Waals surface area contributed by atoms with Crippen molar-refractivity contribution in [3.8, 4) is 0 Å². The first kappa shape index (κ1) is 9.99. The minimum Gasteiger partial charge on any atom is -0.382 e. The van der Waals surface area contributed by atoms with E-state index >= 15 is 0 Å². The molecule has 1 unspecified atom stereocenters. The van der Waals surface area contributed by atoms with Crippen LogP contribution in [0.5, 0.6) is 0 Å². The maximum absolute atomic E-state index is 10.1. The van der Waals surface area contributed by atoms with Crippen LogP contribution in [0.2, 0.25) is 0 Å². The lowest BCUT2D eigenvalue weighted by atomic mass is 10.0. The lowest BCUT2D eigenvalue weighted by Crippen LogP contribution is -2.00. The number of rotatable bonds is 2. The third-order valence-electron chi connectivity index (χ3n) is 2.76. The molecule has 0 aliphatic heterocycles. The molecular formula is C13H15NO. The molecule has 0 aliphatic carbocycles. The Morgan fingerprint density at radius 2 is 1.93 bits per heavy atom. The second-order valence-electron chi connectivity index (χ2n) is 3.87. The first-order valence-corrected chi connectivity index (χ1v) is 5.07. The van der Waals surface area contributed by atoms with Gasteiger partial charge in [-0.1, -0.05) is 18.2 Å². The molecule has 15 heavy (non-hydrogen) atoms. The number of benzene rings is 1. The Labute approximate surface area is 89.6 Å². The molecule has 1 heterocycles. The van der Waals surface area contributed by atoms with E-state index < -0.39 is 6.10 Å². The number of aromatic nitrogens is 1. The SMILES string of the molecule is Cc1ccc(C(O)c2ccc[nH]2)cc1C. The summed E-state index contributed by atoms with van der Waals surface area (Å²) >= 11 is 0. The Morgan fingerprint density at radius 3 is 2.53 bits per heavy atom. The van der Waals surface area contributed by atoms with Crippen molar-refractivity contribution in [2.24, 2.45) is 0 Å². The quantitative estimate of drug-likeness (QED) is 0.770. The summed E-state index contributed by atoms with van der Waals surface area (Å²) in [5.41, 5.74) is 4.22. The summed E-state index contributed by atoms with van der Waals surface area (Å²) in [6.45, 7) is 4.13. The van der Waals surface area contributed by atoms with Gasteiger partial charge in [0.15, 0.2) is 0 Å².